The number of furan rings is 1. The van der Waals surface area contributed by atoms with Gasteiger partial charge in [-0.25, -0.2) is 4.98 Å². The highest BCUT2D eigenvalue weighted by molar-refractivity contribution is 5.94. The van der Waals surface area contributed by atoms with Crippen molar-refractivity contribution in [3.8, 4) is 5.88 Å². The molecule has 186 valence electrons. The van der Waals surface area contributed by atoms with E-state index in [-0.39, 0.29) is 24.9 Å². The molecule has 1 aliphatic rings. The van der Waals surface area contributed by atoms with Crippen LogP contribution < -0.4 is 10.1 Å². The molecule has 2 aromatic heterocycles. The third-order valence-electron chi connectivity index (χ3n) is 6.85. The van der Waals surface area contributed by atoms with E-state index < -0.39 is 5.97 Å². The van der Waals surface area contributed by atoms with Gasteiger partial charge in [0.15, 0.2) is 5.58 Å². The van der Waals surface area contributed by atoms with Crippen molar-refractivity contribution in [3.63, 3.8) is 0 Å². The molecule has 8 nitrogen and oxygen atoms in total. The van der Waals surface area contributed by atoms with Gasteiger partial charge in [-0.2, -0.15) is 0 Å². The molecule has 2 heterocycles. The molecule has 0 saturated heterocycles. The molecule has 4 rings (SSSR count). The van der Waals surface area contributed by atoms with E-state index in [9.17, 15) is 9.59 Å². The van der Waals surface area contributed by atoms with Crippen molar-refractivity contribution in [2.45, 2.75) is 51.5 Å². The number of carbonyl (C=O) groups is 2. The number of aliphatic carboxylic acids is 1. The molecule has 1 amide bonds. The fraction of sp³-hybridized carbons (Fsp3) is 0.444. The van der Waals surface area contributed by atoms with Crippen LogP contribution in [0.15, 0.2) is 40.8 Å². The van der Waals surface area contributed by atoms with Crippen LogP contribution in [0.3, 0.4) is 0 Å². The zero-order valence-corrected chi connectivity index (χ0v) is 20.5. The molecule has 1 aliphatic carbocycles. The van der Waals surface area contributed by atoms with Crippen LogP contribution in [0, 0.1) is 12.8 Å². The Hall–Kier alpha value is -3.55. The van der Waals surface area contributed by atoms with Crippen LogP contribution in [0.1, 0.15) is 66.2 Å². The number of hydrogen-bond donors (Lipinski definition) is 2. The Balaban J connectivity index is 1.58. The first-order chi connectivity index (χ1) is 16.9. The summed E-state index contributed by atoms with van der Waals surface area (Å²) in [6.45, 7) is 2.21. The summed E-state index contributed by atoms with van der Waals surface area (Å²) in [4.78, 5) is 29.5. The fourth-order valence-electron chi connectivity index (χ4n) is 4.84. The smallest absolute Gasteiger partial charge is 0.305 e. The molecular weight excluding hydrogens is 446 g/mol. The molecule has 1 aromatic carbocycles. The van der Waals surface area contributed by atoms with Crippen molar-refractivity contribution < 1.29 is 23.8 Å². The highest BCUT2D eigenvalue weighted by atomic mass is 16.5. The van der Waals surface area contributed by atoms with Crippen LogP contribution >= 0.6 is 0 Å². The summed E-state index contributed by atoms with van der Waals surface area (Å²) < 4.78 is 11.6. The van der Waals surface area contributed by atoms with E-state index in [2.05, 4.69) is 10.3 Å². The molecule has 35 heavy (non-hydrogen) atoms. The first-order valence-corrected chi connectivity index (χ1v) is 12.1. The fourth-order valence-corrected chi connectivity index (χ4v) is 4.84. The number of fused-ring (bicyclic) bond motifs is 1. The molecule has 0 bridgehead atoms. The first kappa shape index (κ1) is 24.6. The van der Waals surface area contributed by atoms with Crippen LogP contribution in [0.4, 0.5) is 5.69 Å². The number of anilines is 1. The molecule has 8 heteroatoms. The summed E-state index contributed by atoms with van der Waals surface area (Å²) >= 11 is 0. The average molecular weight is 480 g/mol. The number of carbonyl (C=O) groups excluding carboxylic acids is 1. The largest absolute Gasteiger partial charge is 0.481 e. The van der Waals surface area contributed by atoms with Gasteiger partial charge < -0.3 is 24.5 Å². The number of amides is 1. The zero-order chi connectivity index (χ0) is 24.9. The predicted octanol–water partition coefficient (Wildman–Crippen LogP) is 5.43. The maximum absolute atomic E-state index is 12.6. The lowest BCUT2D eigenvalue weighted by Gasteiger charge is -2.31. The number of aryl methyl sites for hydroxylation is 1. The van der Waals surface area contributed by atoms with Crippen LogP contribution in [0.25, 0.3) is 11.1 Å². The number of hydrogen-bond acceptors (Lipinski definition) is 6. The van der Waals surface area contributed by atoms with Gasteiger partial charge in [0.2, 0.25) is 5.88 Å². The number of benzene rings is 1. The average Bonchev–Trinajstić information content (AvgIpc) is 3.21. The van der Waals surface area contributed by atoms with Gasteiger partial charge in [-0.1, -0.05) is 19.3 Å². The lowest BCUT2D eigenvalue weighted by Crippen LogP contribution is -2.29. The van der Waals surface area contributed by atoms with Crippen LogP contribution in [0.2, 0.25) is 0 Å². The summed E-state index contributed by atoms with van der Waals surface area (Å²) in [6, 6.07) is 11.0. The van der Waals surface area contributed by atoms with E-state index in [0.29, 0.717) is 17.4 Å². The summed E-state index contributed by atoms with van der Waals surface area (Å²) in [5.74, 6) is 0.751. The number of nitrogens with one attached hydrogen (secondary N) is 1. The van der Waals surface area contributed by atoms with E-state index in [0.717, 1.165) is 41.0 Å². The zero-order valence-electron chi connectivity index (χ0n) is 20.5. The van der Waals surface area contributed by atoms with Crippen molar-refractivity contribution in [1.29, 1.82) is 0 Å². The summed E-state index contributed by atoms with van der Waals surface area (Å²) in [5, 5.41) is 12.5. The molecule has 1 atom stereocenters. The topological polar surface area (TPSA) is 105 Å². The molecule has 2 N–H and O–H groups in total. The number of ether oxygens (including phenoxy) is 1. The van der Waals surface area contributed by atoms with Gasteiger partial charge in [0.1, 0.15) is 11.3 Å². The number of carboxylic acids is 1. The Labute approximate surface area is 205 Å². The van der Waals surface area contributed by atoms with Crippen LogP contribution in [-0.2, 0) is 4.79 Å². The Kier molecular flexibility index (Phi) is 7.58. The summed E-state index contributed by atoms with van der Waals surface area (Å²) in [6.07, 6.45) is 5.82. The number of nitrogens with zero attached hydrogens (tertiary/aromatic N) is 2. The van der Waals surface area contributed by atoms with Crippen molar-refractivity contribution in [2.75, 3.05) is 26.0 Å². The van der Waals surface area contributed by atoms with Gasteiger partial charge in [0.25, 0.3) is 5.91 Å². The quantitative estimate of drug-likeness (QED) is 0.422. The lowest BCUT2D eigenvalue weighted by molar-refractivity contribution is -0.137. The standard InChI is InChI=1S/C27H33N3O5/c1-17-24-21(13-14-22(29-24)34-3)35-26(17)25(18-7-5-4-6-8-18)28-20-11-9-19(10-12-20)27(33)30(2)16-15-23(31)32/h9-14,18,25,28H,4-8,15-16H2,1-3H3,(H,31,32). The minimum atomic E-state index is -0.924. The molecule has 0 radical (unpaired) electrons. The molecular formula is C27H33N3O5. The van der Waals surface area contributed by atoms with Gasteiger partial charge in [-0.15, -0.1) is 0 Å². The molecule has 1 unspecified atom stereocenters. The van der Waals surface area contributed by atoms with Gasteiger partial charge in [0, 0.05) is 36.5 Å². The second kappa shape index (κ2) is 10.8. The number of carboxylic acid groups (broad SMARTS) is 1. The van der Waals surface area contributed by atoms with E-state index in [1.54, 1.807) is 32.4 Å². The Morgan fingerprint density at radius 3 is 2.54 bits per heavy atom. The van der Waals surface area contributed by atoms with E-state index >= 15 is 0 Å². The normalized spacial score (nSPS) is 15.1. The molecule has 3 aromatic rings. The maximum atomic E-state index is 12.6. The lowest BCUT2D eigenvalue weighted by atomic mass is 9.82. The third kappa shape index (κ3) is 5.58. The second-order valence-corrected chi connectivity index (χ2v) is 9.26. The number of methoxy groups -OCH3 is 1. The Bertz CT molecular complexity index is 1180. The minimum absolute atomic E-state index is 0.0183. The van der Waals surface area contributed by atoms with Crippen LogP contribution in [0.5, 0.6) is 5.88 Å². The maximum Gasteiger partial charge on any atom is 0.305 e. The monoisotopic (exact) mass is 479 g/mol. The van der Waals surface area contributed by atoms with E-state index in [1.807, 2.05) is 25.1 Å². The summed E-state index contributed by atoms with van der Waals surface area (Å²) in [5.41, 5.74) is 3.98. The number of aromatic nitrogens is 1. The van der Waals surface area contributed by atoms with Gasteiger partial charge >= 0.3 is 5.97 Å². The number of rotatable bonds is 9. The molecule has 1 fully saturated rings. The highest BCUT2D eigenvalue weighted by Gasteiger charge is 2.30. The first-order valence-electron chi connectivity index (χ1n) is 12.1. The number of pyridine rings is 1. The SMILES string of the molecule is COc1ccc2oc(C(Nc3ccc(C(=O)N(C)CCC(=O)O)cc3)C3CCCCC3)c(C)c2n1. The van der Waals surface area contributed by atoms with Crippen molar-refractivity contribution >= 4 is 28.7 Å². The van der Waals surface area contributed by atoms with Gasteiger partial charge in [-0.3, -0.25) is 9.59 Å². The molecule has 0 aliphatic heterocycles. The van der Waals surface area contributed by atoms with Crippen LogP contribution in [-0.4, -0.2) is 47.6 Å². The summed E-state index contributed by atoms with van der Waals surface area (Å²) in [7, 11) is 3.22. The highest BCUT2D eigenvalue weighted by Crippen LogP contribution is 2.40. The Morgan fingerprint density at radius 2 is 1.89 bits per heavy atom. The van der Waals surface area contributed by atoms with Crippen molar-refractivity contribution in [2.24, 2.45) is 5.92 Å². The third-order valence-corrected chi connectivity index (χ3v) is 6.85. The van der Waals surface area contributed by atoms with Gasteiger partial charge in [-0.05, 0) is 56.0 Å². The molecule has 1 saturated carbocycles. The minimum Gasteiger partial charge on any atom is -0.481 e. The van der Waals surface area contributed by atoms with E-state index in [4.69, 9.17) is 14.3 Å². The Morgan fingerprint density at radius 1 is 1.17 bits per heavy atom. The van der Waals surface area contributed by atoms with E-state index in [1.165, 1.54) is 24.2 Å². The van der Waals surface area contributed by atoms with Crippen molar-refractivity contribution in [3.05, 3.63) is 53.3 Å². The van der Waals surface area contributed by atoms with Gasteiger partial charge in [0.05, 0.1) is 19.6 Å². The van der Waals surface area contributed by atoms with Crippen molar-refractivity contribution in [1.82, 2.24) is 9.88 Å². The predicted molar refractivity (Wildman–Crippen MR) is 134 cm³/mol. The second-order valence-electron chi connectivity index (χ2n) is 9.26. The molecule has 0 spiro atoms.